The number of ether oxygens (including phenoxy) is 1. The van der Waals surface area contributed by atoms with Crippen LogP contribution < -0.4 is 10.6 Å². The average molecular weight is 510 g/mol. The van der Waals surface area contributed by atoms with Crippen LogP contribution in [0.1, 0.15) is 52.0 Å². The van der Waals surface area contributed by atoms with Gasteiger partial charge in [0.05, 0.1) is 18.0 Å². The summed E-state index contributed by atoms with van der Waals surface area (Å²) in [4.78, 5) is 39.4. The molecule has 0 bridgehead atoms. The highest BCUT2D eigenvalue weighted by Crippen LogP contribution is 2.53. The topological polar surface area (TPSA) is 87.7 Å². The van der Waals surface area contributed by atoms with Gasteiger partial charge in [0.2, 0.25) is 11.8 Å². The lowest BCUT2D eigenvalue weighted by Gasteiger charge is -2.35. The molecule has 0 aromatic heterocycles. The standard InChI is InChI=1S/C26H34F3N3O4/c1-25(2,3)36-24(35)15-7-9-18(10-8-15)32-13-19-20(14-32)22(19)23(34)30-12-21(33)31-17-6-4-5-16(11-17)26(27,28)29/h4-6,11,15,18-20,22H,7-10,12-14H2,1-3H3,(H,30,34)(H,31,33)/t15?,18?,19-,20+,22?. The molecular weight excluding hydrogens is 475 g/mol. The van der Waals surface area contributed by atoms with Crippen molar-refractivity contribution in [2.75, 3.05) is 25.0 Å². The van der Waals surface area contributed by atoms with Gasteiger partial charge in [0, 0.05) is 30.7 Å². The summed E-state index contributed by atoms with van der Waals surface area (Å²) in [5.74, 6) is -0.507. The van der Waals surface area contributed by atoms with Crippen molar-refractivity contribution in [1.29, 1.82) is 0 Å². The summed E-state index contributed by atoms with van der Waals surface area (Å²) in [6, 6.07) is 4.80. The molecule has 3 atom stereocenters. The van der Waals surface area contributed by atoms with E-state index in [1.807, 2.05) is 20.8 Å². The number of carbonyl (C=O) groups excluding carboxylic acids is 3. The minimum absolute atomic E-state index is 0.0318. The van der Waals surface area contributed by atoms with Gasteiger partial charge in [0.25, 0.3) is 0 Å². The van der Waals surface area contributed by atoms with Crippen molar-refractivity contribution in [3.8, 4) is 0 Å². The summed E-state index contributed by atoms with van der Waals surface area (Å²) in [6.07, 6.45) is -0.984. The lowest BCUT2D eigenvalue weighted by atomic mass is 9.85. The minimum Gasteiger partial charge on any atom is -0.460 e. The van der Waals surface area contributed by atoms with Gasteiger partial charge in [-0.15, -0.1) is 0 Å². The number of hydrogen-bond donors (Lipinski definition) is 2. The molecule has 4 rings (SSSR count). The lowest BCUT2D eigenvalue weighted by Crippen LogP contribution is -2.42. The fraction of sp³-hybridized carbons (Fsp3) is 0.654. The maximum Gasteiger partial charge on any atom is 0.416 e. The molecule has 7 nitrogen and oxygen atoms in total. The van der Waals surface area contributed by atoms with Crippen LogP contribution in [0.2, 0.25) is 0 Å². The molecule has 1 aromatic carbocycles. The molecule has 0 radical (unpaired) electrons. The quantitative estimate of drug-likeness (QED) is 0.569. The highest BCUT2D eigenvalue weighted by Gasteiger charge is 2.60. The van der Waals surface area contributed by atoms with E-state index in [2.05, 4.69) is 15.5 Å². The van der Waals surface area contributed by atoms with Crippen molar-refractivity contribution in [2.24, 2.45) is 23.7 Å². The predicted octanol–water partition coefficient (Wildman–Crippen LogP) is 3.84. The first-order valence-corrected chi connectivity index (χ1v) is 12.5. The Morgan fingerprint density at radius 2 is 1.67 bits per heavy atom. The Labute approximate surface area is 209 Å². The van der Waals surface area contributed by atoms with E-state index in [4.69, 9.17) is 4.74 Å². The number of nitrogens with zero attached hydrogens (tertiary/aromatic N) is 1. The molecule has 1 aromatic rings. The first-order chi connectivity index (χ1) is 16.8. The smallest absolute Gasteiger partial charge is 0.416 e. The zero-order valence-corrected chi connectivity index (χ0v) is 20.9. The molecule has 3 fully saturated rings. The molecule has 2 amide bonds. The minimum atomic E-state index is -4.50. The third kappa shape index (κ3) is 6.38. The summed E-state index contributed by atoms with van der Waals surface area (Å²) in [6.45, 7) is 7.01. The van der Waals surface area contributed by atoms with E-state index in [-0.39, 0.29) is 47.8 Å². The van der Waals surface area contributed by atoms with E-state index in [0.29, 0.717) is 6.04 Å². The van der Waals surface area contributed by atoms with Crippen molar-refractivity contribution >= 4 is 23.5 Å². The van der Waals surface area contributed by atoms with Crippen molar-refractivity contribution in [3.63, 3.8) is 0 Å². The molecular formula is C26H34F3N3O4. The number of likely N-dealkylation sites (tertiary alicyclic amines) is 1. The molecule has 1 saturated heterocycles. The molecule has 10 heteroatoms. The Morgan fingerprint density at radius 3 is 2.25 bits per heavy atom. The molecule has 2 saturated carbocycles. The highest BCUT2D eigenvalue weighted by atomic mass is 19.4. The van der Waals surface area contributed by atoms with Gasteiger partial charge in [-0.25, -0.2) is 0 Å². The van der Waals surface area contributed by atoms with E-state index >= 15 is 0 Å². The molecule has 2 aliphatic carbocycles. The van der Waals surface area contributed by atoms with E-state index in [1.165, 1.54) is 12.1 Å². The van der Waals surface area contributed by atoms with Crippen LogP contribution in [0.25, 0.3) is 0 Å². The summed E-state index contributed by atoms with van der Waals surface area (Å²) < 4.78 is 44.0. The van der Waals surface area contributed by atoms with Crippen molar-refractivity contribution < 1.29 is 32.3 Å². The van der Waals surface area contributed by atoms with Crippen LogP contribution in [0.15, 0.2) is 24.3 Å². The number of halogens is 3. The van der Waals surface area contributed by atoms with Crippen LogP contribution >= 0.6 is 0 Å². The number of alkyl halides is 3. The van der Waals surface area contributed by atoms with Gasteiger partial charge in [0.1, 0.15) is 5.60 Å². The molecule has 1 heterocycles. The van der Waals surface area contributed by atoms with E-state index in [9.17, 15) is 27.6 Å². The highest BCUT2D eigenvalue weighted by molar-refractivity contribution is 5.95. The van der Waals surface area contributed by atoms with Gasteiger partial charge >= 0.3 is 12.1 Å². The molecule has 198 valence electrons. The number of anilines is 1. The Morgan fingerprint density at radius 1 is 1.03 bits per heavy atom. The number of rotatable bonds is 6. The van der Waals surface area contributed by atoms with E-state index < -0.39 is 23.2 Å². The molecule has 2 N–H and O–H groups in total. The largest absolute Gasteiger partial charge is 0.460 e. The Kier molecular flexibility index (Phi) is 7.37. The molecule has 36 heavy (non-hydrogen) atoms. The Bertz CT molecular complexity index is 987. The number of carbonyl (C=O) groups is 3. The van der Waals surface area contributed by atoms with Crippen molar-refractivity contribution in [2.45, 2.75) is 64.3 Å². The van der Waals surface area contributed by atoms with Crippen LogP contribution in [0, 0.1) is 23.7 Å². The first-order valence-electron chi connectivity index (χ1n) is 12.5. The first kappa shape index (κ1) is 26.4. The maximum absolute atomic E-state index is 12.8. The van der Waals surface area contributed by atoms with Gasteiger partial charge in [-0.05, 0) is 76.5 Å². The summed E-state index contributed by atoms with van der Waals surface area (Å²) in [5.41, 5.74) is -1.29. The summed E-state index contributed by atoms with van der Waals surface area (Å²) in [5, 5.41) is 5.02. The summed E-state index contributed by atoms with van der Waals surface area (Å²) in [7, 11) is 0. The number of nitrogens with one attached hydrogen (secondary N) is 2. The average Bonchev–Trinajstić information content (AvgIpc) is 3.29. The van der Waals surface area contributed by atoms with Crippen molar-refractivity contribution in [3.05, 3.63) is 29.8 Å². The van der Waals surface area contributed by atoms with E-state index in [0.717, 1.165) is 50.9 Å². The van der Waals surface area contributed by atoms with Crippen LogP contribution in [-0.2, 0) is 25.3 Å². The lowest BCUT2D eigenvalue weighted by molar-refractivity contribution is -0.161. The monoisotopic (exact) mass is 509 g/mol. The molecule has 1 aliphatic heterocycles. The number of esters is 1. The van der Waals surface area contributed by atoms with Crippen LogP contribution in [-0.4, -0.2) is 54.0 Å². The van der Waals surface area contributed by atoms with Gasteiger partial charge < -0.3 is 15.4 Å². The number of piperidine rings is 1. The van der Waals surface area contributed by atoms with Crippen molar-refractivity contribution in [1.82, 2.24) is 10.2 Å². The Balaban J connectivity index is 1.16. The predicted molar refractivity (Wildman–Crippen MR) is 127 cm³/mol. The second kappa shape index (κ2) is 10.0. The van der Waals surface area contributed by atoms with E-state index in [1.54, 1.807) is 0 Å². The normalized spacial score (nSPS) is 28.2. The number of amides is 2. The maximum atomic E-state index is 12.8. The number of benzene rings is 1. The fourth-order valence-corrected chi connectivity index (χ4v) is 5.57. The SMILES string of the molecule is CC(C)(C)OC(=O)C1CCC(N2C[C@@H]3C(C(=O)NCC(=O)Nc4cccc(C(F)(F)F)c4)[C@@H]3C2)CC1. The third-order valence-electron chi connectivity index (χ3n) is 7.38. The molecule has 3 aliphatic rings. The third-order valence-corrected chi connectivity index (χ3v) is 7.38. The van der Waals surface area contributed by atoms with Gasteiger partial charge in [-0.1, -0.05) is 6.07 Å². The zero-order chi connectivity index (χ0) is 26.3. The van der Waals surface area contributed by atoms with Gasteiger partial charge in [0.15, 0.2) is 0 Å². The van der Waals surface area contributed by atoms with Crippen LogP contribution in [0.4, 0.5) is 18.9 Å². The second-order valence-electron chi connectivity index (χ2n) is 11.2. The number of hydrogen-bond acceptors (Lipinski definition) is 5. The van der Waals surface area contributed by atoms with Crippen LogP contribution in [0.5, 0.6) is 0 Å². The Hall–Kier alpha value is -2.62. The zero-order valence-electron chi connectivity index (χ0n) is 20.9. The summed E-state index contributed by atoms with van der Waals surface area (Å²) >= 11 is 0. The van der Waals surface area contributed by atoms with Crippen LogP contribution in [0.3, 0.4) is 0 Å². The number of fused-ring (bicyclic) bond motifs is 1. The fourth-order valence-electron chi connectivity index (χ4n) is 5.57. The molecule has 0 spiro atoms. The second-order valence-corrected chi connectivity index (χ2v) is 11.2. The van der Waals surface area contributed by atoms with Gasteiger partial charge in [-0.2, -0.15) is 13.2 Å². The van der Waals surface area contributed by atoms with Gasteiger partial charge in [-0.3, -0.25) is 19.3 Å². The molecule has 1 unspecified atom stereocenters.